The highest BCUT2D eigenvalue weighted by Crippen LogP contribution is 2.26. The molecule has 0 saturated heterocycles. The molecular formula is C22H27NO2. The Morgan fingerprint density at radius 3 is 2.60 bits per heavy atom. The van der Waals surface area contributed by atoms with Crippen LogP contribution in [0.15, 0.2) is 48.5 Å². The molecule has 3 nitrogen and oxygen atoms in total. The molecule has 1 amide bonds. The molecule has 1 aliphatic rings. The summed E-state index contributed by atoms with van der Waals surface area (Å²) in [7, 11) is 0. The minimum Gasteiger partial charge on any atom is -0.481 e. The van der Waals surface area contributed by atoms with Crippen LogP contribution in [0.5, 0.6) is 5.75 Å². The number of hydrogen-bond donors (Lipinski definition) is 1. The average molecular weight is 337 g/mol. The van der Waals surface area contributed by atoms with Crippen LogP contribution in [-0.2, 0) is 24.1 Å². The van der Waals surface area contributed by atoms with Crippen LogP contribution in [0.4, 0.5) is 0 Å². The van der Waals surface area contributed by atoms with Crippen LogP contribution in [0.3, 0.4) is 0 Å². The van der Waals surface area contributed by atoms with Crippen LogP contribution in [0.1, 0.15) is 42.9 Å². The molecule has 3 rings (SSSR count). The number of carbonyl (C=O) groups excluding carboxylic acids is 1. The summed E-state index contributed by atoms with van der Waals surface area (Å²) in [4.78, 5) is 12.4. The van der Waals surface area contributed by atoms with Crippen molar-refractivity contribution < 1.29 is 9.53 Å². The van der Waals surface area contributed by atoms with Gasteiger partial charge in [0.25, 0.3) is 5.91 Å². The van der Waals surface area contributed by atoms with E-state index in [0.29, 0.717) is 13.0 Å². The second-order valence-corrected chi connectivity index (χ2v) is 6.68. The summed E-state index contributed by atoms with van der Waals surface area (Å²) in [6.07, 6.45) is 5.86. The van der Waals surface area contributed by atoms with Crippen LogP contribution in [0.25, 0.3) is 0 Å². The lowest BCUT2D eigenvalue weighted by Crippen LogP contribution is -2.39. The van der Waals surface area contributed by atoms with Gasteiger partial charge in [0.05, 0.1) is 0 Å². The summed E-state index contributed by atoms with van der Waals surface area (Å²) >= 11 is 0. The van der Waals surface area contributed by atoms with Gasteiger partial charge in [-0.1, -0.05) is 43.3 Å². The SMILES string of the molecule is CC[C@@H](Oc1ccc2c(c1)CCCC2)C(=O)NCCc1ccccc1. The molecule has 1 N–H and O–H groups in total. The Balaban J connectivity index is 1.53. The van der Waals surface area contributed by atoms with E-state index in [4.69, 9.17) is 4.74 Å². The highest BCUT2D eigenvalue weighted by molar-refractivity contribution is 5.81. The van der Waals surface area contributed by atoms with Gasteiger partial charge in [-0.15, -0.1) is 0 Å². The van der Waals surface area contributed by atoms with E-state index in [1.54, 1.807) is 0 Å². The molecule has 0 aliphatic heterocycles. The zero-order valence-electron chi connectivity index (χ0n) is 15.0. The first-order valence-electron chi connectivity index (χ1n) is 9.36. The summed E-state index contributed by atoms with van der Waals surface area (Å²) in [6, 6.07) is 16.5. The zero-order valence-corrected chi connectivity index (χ0v) is 15.0. The second-order valence-electron chi connectivity index (χ2n) is 6.68. The third-order valence-corrected chi connectivity index (χ3v) is 4.82. The van der Waals surface area contributed by atoms with E-state index in [9.17, 15) is 4.79 Å². The highest BCUT2D eigenvalue weighted by Gasteiger charge is 2.19. The molecule has 0 unspecified atom stereocenters. The number of hydrogen-bond acceptors (Lipinski definition) is 2. The number of nitrogens with one attached hydrogen (secondary N) is 1. The van der Waals surface area contributed by atoms with Crippen molar-refractivity contribution in [2.24, 2.45) is 0 Å². The van der Waals surface area contributed by atoms with Gasteiger partial charge in [0.1, 0.15) is 5.75 Å². The predicted octanol–water partition coefficient (Wildman–Crippen LogP) is 4.08. The number of amides is 1. The summed E-state index contributed by atoms with van der Waals surface area (Å²) < 4.78 is 5.98. The molecular weight excluding hydrogens is 310 g/mol. The van der Waals surface area contributed by atoms with Crippen molar-refractivity contribution in [3.8, 4) is 5.75 Å². The topological polar surface area (TPSA) is 38.3 Å². The smallest absolute Gasteiger partial charge is 0.261 e. The number of rotatable bonds is 7. The van der Waals surface area contributed by atoms with E-state index in [0.717, 1.165) is 25.0 Å². The molecule has 25 heavy (non-hydrogen) atoms. The maximum absolute atomic E-state index is 12.4. The number of aryl methyl sites for hydroxylation is 2. The van der Waals surface area contributed by atoms with Gasteiger partial charge in [-0.2, -0.15) is 0 Å². The third kappa shape index (κ3) is 4.85. The normalized spacial score (nSPS) is 14.4. The quantitative estimate of drug-likeness (QED) is 0.827. The van der Waals surface area contributed by atoms with Crippen LogP contribution in [-0.4, -0.2) is 18.6 Å². The molecule has 132 valence electrons. The van der Waals surface area contributed by atoms with Crippen molar-refractivity contribution in [1.82, 2.24) is 5.32 Å². The van der Waals surface area contributed by atoms with E-state index in [-0.39, 0.29) is 5.91 Å². The Bertz CT molecular complexity index is 696. The lowest BCUT2D eigenvalue weighted by Gasteiger charge is -2.20. The Kier molecular flexibility index (Phi) is 6.10. The minimum absolute atomic E-state index is 0.0313. The van der Waals surface area contributed by atoms with Crippen molar-refractivity contribution in [2.75, 3.05) is 6.54 Å². The van der Waals surface area contributed by atoms with Crippen LogP contribution < -0.4 is 10.1 Å². The molecule has 0 heterocycles. The van der Waals surface area contributed by atoms with Gasteiger partial charge in [0, 0.05) is 6.54 Å². The standard InChI is InChI=1S/C22H27NO2/c1-2-21(22(24)23-15-14-17-8-4-3-5-9-17)25-20-13-12-18-10-6-7-11-19(18)16-20/h3-5,8-9,12-13,16,21H,2,6-7,10-11,14-15H2,1H3,(H,23,24)/t21-/m1/s1. The number of ether oxygens (including phenoxy) is 1. The minimum atomic E-state index is -0.433. The molecule has 3 heteroatoms. The fourth-order valence-electron chi connectivity index (χ4n) is 3.36. The Labute approximate surface area is 150 Å². The third-order valence-electron chi connectivity index (χ3n) is 4.82. The summed E-state index contributed by atoms with van der Waals surface area (Å²) in [5.74, 6) is 0.780. The monoisotopic (exact) mass is 337 g/mol. The van der Waals surface area contributed by atoms with Crippen molar-refractivity contribution in [2.45, 2.75) is 51.6 Å². The Morgan fingerprint density at radius 2 is 1.84 bits per heavy atom. The zero-order chi connectivity index (χ0) is 17.5. The molecule has 0 spiro atoms. The lowest BCUT2D eigenvalue weighted by molar-refractivity contribution is -0.128. The number of benzene rings is 2. The summed E-state index contributed by atoms with van der Waals surface area (Å²) in [6.45, 7) is 2.62. The van der Waals surface area contributed by atoms with Crippen LogP contribution >= 0.6 is 0 Å². The number of carbonyl (C=O) groups is 1. The molecule has 0 saturated carbocycles. The van der Waals surface area contributed by atoms with Gasteiger partial charge in [-0.3, -0.25) is 4.79 Å². The van der Waals surface area contributed by atoms with Crippen LogP contribution in [0.2, 0.25) is 0 Å². The second kappa shape index (κ2) is 8.70. The first-order chi connectivity index (χ1) is 12.3. The van der Waals surface area contributed by atoms with E-state index in [1.807, 2.05) is 31.2 Å². The lowest BCUT2D eigenvalue weighted by atomic mass is 9.92. The predicted molar refractivity (Wildman–Crippen MR) is 101 cm³/mol. The molecule has 0 radical (unpaired) electrons. The Morgan fingerprint density at radius 1 is 1.08 bits per heavy atom. The highest BCUT2D eigenvalue weighted by atomic mass is 16.5. The van der Waals surface area contributed by atoms with E-state index < -0.39 is 6.10 Å². The molecule has 0 fully saturated rings. The van der Waals surface area contributed by atoms with Gasteiger partial charge < -0.3 is 10.1 Å². The van der Waals surface area contributed by atoms with Gasteiger partial charge in [0.15, 0.2) is 6.10 Å². The fourth-order valence-corrected chi connectivity index (χ4v) is 3.36. The van der Waals surface area contributed by atoms with Crippen molar-refractivity contribution in [3.05, 3.63) is 65.2 Å². The van der Waals surface area contributed by atoms with E-state index in [1.165, 1.54) is 29.5 Å². The first kappa shape index (κ1) is 17.5. The molecule has 2 aromatic carbocycles. The van der Waals surface area contributed by atoms with E-state index in [2.05, 4.69) is 29.6 Å². The maximum atomic E-state index is 12.4. The van der Waals surface area contributed by atoms with Crippen molar-refractivity contribution >= 4 is 5.91 Å². The largest absolute Gasteiger partial charge is 0.481 e. The van der Waals surface area contributed by atoms with Crippen LogP contribution in [0, 0.1) is 0 Å². The van der Waals surface area contributed by atoms with Gasteiger partial charge in [-0.05, 0) is 67.3 Å². The average Bonchev–Trinajstić information content (AvgIpc) is 2.66. The number of fused-ring (bicyclic) bond motifs is 1. The van der Waals surface area contributed by atoms with Crippen molar-refractivity contribution in [3.63, 3.8) is 0 Å². The molecule has 1 aliphatic carbocycles. The summed E-state index contributed by atoms with van der Waals surface area (Å²) in [5.41, 5.74) is 4.04. The summed E-state index contributed by atoms with van der Waals surface area (Å²) in [5, 5.41) is 3.00. The molecule has 0 aromatic heterocycles. The van der Waals surface area contributed by atoms with Gasteiger partial charge in [0.2, 0.25) is 0 Å². The van der Waals surface area contributed by atoms with Gasteiger partial charge >= 0.3 is 0 Å². The van der Waals surface area contributed by atoms with E-state index >= 15 is 0 Å². The van der Waals surface area contributed by atoms with Crippen molar-refractivity contribution in [1.29, 1.82) is 0 Å². The maximum Gasteiger partial charge on any atom is 0.261 e. The first-order valence-corrected chi connectivity index (χ1v) is 9.36. The molecule has 0 bridgehead atoms. The molecule has 1 atom stereocenters. The Hall–Kier alpha value is -2.29. The fraction of sp³-hybridized carbons (Fsp3) is 0.409. The molecule has 2 aromatic rings. The van der Waals surface area contributed by atoms with Gasteiger partial charge in [-0.25, -0.2) is 0 Å².